The first-order valence-corrected chi connectivity index (χ1v) is 11.7. The molecule has 2 heterocycles. The first-order valence-electron chi connectivity index (χ1n) is 10.1. The van der Waals surface area contributed by atoms with E-state index in [1.807, 2.05) is 18.2 Å². The largest absolute Gasteiger partial charge is 0.354 e. The first-order chi connectivity index (χ1) is 14.5. The van der Waals surface area contributed by atoms with Crippen LogP contribution in [0.25, 0.3) is 22.0 Å². The van der Waals surface area contributed by atoms with Crippen molar-refractivity contribution in [3.8, 4) is 11.3 Å². The van der Waals surface area contributed by atoms with Gasteiger partial charge in [-0.3, -0.25) is 4.72 Å². The summed E-state index contributed by atoms with van der Waals surface area (Å²) in [6.45, 7) is 10.6. The van der Waals surface area contributed by atoms with E-state index in [4.69, 9.17) is 4.98 Å². The number of likely N-dealkylation sites (N-methyl/N-ethyl adjacent to an activating group) is 1. The van der Waals surface area contributed by atoms with Crippen LogP contribution in [0.2, 0.25) is 0 Å². The highest BCUT2D eigenvalue weighted by Gasteiger charge is 2.19. The average Bonchev–Trinajstić information content (AvgIpc) is 2.78. The van der Waals surface area contributed by atoms with E-state index in [2.05, 4.69) is 52.3 Å². The summed E-state index contributed by atoms with van der Waals surface area (Å²) in [4.78, 5) is 9.83. The van der Waals surface area contributed by atoms with Crippen molar-refractivity contribution in [2.45, 2.75) is 6.92 Å². The number of nitrogens with one attached hydrogen (secondary N) is 1. The summed E-state index contributed by atoms with van der Waals surface area (Å²) < 4.78 is 25.8. The number of pyridine rings is 1. The molecule has 1 aliphatic heterocycles. The molecule has 0 bridgehead atoms. The van der Waals surface area contributed by atoms with Gasteiger partial charge in [0.25, 0.3) is 10.0 Å². The van der Waals surface area contributed by atoms with Gasteiger partial charge < -0.3 is 9.80 Å². The molecule has 1 fully saturated rings. The van der Waals surface area contributed by atoms with Gasteiger partial charge >= 0.3 is 0 Å². The second-order valence-corrected chi connectivity index (χ2v) is 8.99. The van der Waals surface area contributed by atoms with E-state index in [1.54, 1.807) is 12.1 Å². The predicted octanol–water partition coefficient (Wildman–Crippen LogP) is 3.93. The van der Waals surface area contributed by atoms with Gasteiger partial charge in [-0.1, -0.05) is 49.9 Å². The third-order valence-corrected chi connectivity index (χ3v) is 6.46. The quantitative estimate of drug-likeness (QED) is 0.652. The standard InChI is InChI=1S/C23H26N4O2S/c1-3-26-13-15-27(16-14-26)23-21-8-6-5-7-19(21)17-22(24-23)18-9-11-20(12-10-18)25-30(28,29)4-2/h4-12,17,25H,2-3,13-16H2,1H3. The van der Waals surface area contributed by atoms with Crippen LogP contribution in [0.15, 0.2) is 66.6 Å². The molecule has 0 spiro atoms. The van der Waals surface area contributed by atoms with Crippen LogP contribution in [0.4, 0.5) is 11.5 Å². The van der Waals surface area contributed by atoms with Crippen LogP contribution < -0.4 is 9.62 Å². The summed E-state index contributed by atoms with van der Waals surface area (Å²) in [5.41, 5.74) is 2.31. The van der Waals surface area contributed by atoms with Crippen molar-refractivity contribution in [2.24, 2.45) is 0 Å². The molecular weight excluding hydrogens is 396 g/mol. The van der Waals surface area contributed by atoms with Crippen LogP contribution in [0.3, 0.4) is 0 Å². The minimum absolute atomic E-state index is 0.496. The van der Waals surface area contributed by atoms with Gasteiger partial charge in [0.1, 0.15) is 5.82 Å². The van der Waals surface area contributed by atoms with Crippen LogP contribution in [0, 0.1) is 0 Å². The second kappa shape index (κ2) is 8.45. The number of sulfonamides is 1. The topological polar surface area (TPSA) is 65.5 Å². The minimum atomic E-state index is -3.52. The number of rotatable bonds is 6. The zero-order valence-corrected chi connectivity index (χ0v) is 17.9. The fraction of sp³-hybridized carbons (Fsp3) is 0.261. The van der Waals surface area contributed by atoms with E-state index in [9.17, 15) is 8.42 Å². The van der Waals surface area contributed by atoms with E-state index >= 15 is 0 Å². The highest BCUT2D eigenvalue weighted by molar-refractivity contribution is 7.95. The maximum Gasteiger partial charge on any atom is 0.254 e. The molecule has 4 rings (SSSR count). The molecule has 0 aliphatic carbocycles. The average molecular weight is 423 g/mol. The number of piperazine rings is 1. The molecular formula is C23H26N4O2S. The molecule has 1 saturated heterocycles. The zero-order valence-electron chi connectivity index (χ0n) is 17.1. The lowest BCUT2D eigenvalue weighted by Gasteiger charge is -2.35. The Kier molecular flexibility index (Phi) is 5.74. The first kappa shape index (κ1) is 20.4. The lowest BCUT2D eigenvalue weighted by Crippen LogP contribution is -2.46. The molecule has 0 saturated carbocycles. The van der Waals surface area contributed by atoms with Crippen molar-refractivity contribution in [3.63, 3.8) is 0 Å². The number of fused-ring (bicyclic) bond motifs is 1. The Hall–Kier alpha value is -2.90. The molecule has 30 heavy (non-hydrogen) atoms. The highest BCUT2D eigenvalue weighted by atomic mass is 32.2. The van der Waals surface area contributed by atoms with Crippen molar-refractivity contribution < 1.29 is 8.42 Å². The summed E-state index contributed by atoms with van der Waals surface area (Å²) in [5.74, 6) is 1.01. The maximum absolute atomic E-state index is 11.7. The van der Waals surface area contributed by atoms with Crippen molar-refractivity contribution in [2.75, 3.05) is 42.3 Å². The molecule has 1 N–H and O–H groups in total. The van der Waals surface area contributed by atoms with Crippen molar-refractivity contribution in [1.29, 1.82) is 0 Å². The van der Waals surface area contributed by atoms with Crippen molar-refractivity contribution in [3.05, 3.63) is 66.6 Å². The smallest absolute Gasteiger partial charge is 0.254 e. The number of hydrogen-bond acceptors (Lipinski definition) is 5. The molecule has 6 nitrogen and oxygen atoms in total. The van der Waals surface area contributed by atoms with Crippen LogP contribution >= 0.6 is 0 Å². The van der Waals surface area contributed by atoms with Crippen LogP contribution in [0.5, 0.6) is 0 Å². The molecule has 3 aromatic rings. The normalized spacial score (nSPS) is 15.3. The third-order valence-electron chi connectivity index (χ3n) is 5.50. The van der Waals surface area contributed by atoms with Gasteiger partial charge in [-0.15, -0.1) is 0 Å². The van der Waals surface area contributed by atoms with Gasteiger partial charge in [-0.25, -0.2) is 13.4 Å². The van der Waals surface area contributed by atoms with Crippen molar-refractivity contribution >= 4 is 32.3 Å². The Bertz CT molecular complexity index is 1150. The van der Waals surface area contributed by atoms with Crippen molar-refractivity contribution in [1.82, 2.24) is 9.88 Å². The van der Waals surface area contributed by atoms with E-state index in [-0.39, 0.29) is 0 Å². The van der Waals surface area contributed by atoms with Crippen LogP contribution in [-0.2, 0) is 10.0 Å². The number of benzene rings is 2. The van der Waals surface area contributed by atoms with Gasteiger partial charge in [-0.2, -0.15) is 0 Å². The number of hydrogen-bond donors (Lipinski definition) is 1. The van der Waals surface area contributed by atoms with E-state index in [1.165, 1.54) is 0 Å². The Morgan fingerprint density at radius 2 is 1.77 bits per heavy atom. The van der Waals surface area contributed by atoms with Gasteiger partial charge in [-0.05, 0) is 30.1 Å². The molecule has 0 radical (unpaired) electrons. The van der Waals surface area contributed by atoms with Gasteiger partial charge in [0.2, 0.25) is 0 Å². The molecule has 0 atom stereocenters. The fourth-order valence-electron chi connectivity index (χ4n) is 3.76. The molecule has 1 aromatic heterocycles. The van der Waals surface area contributed by atoms with E-state index in [0.717, 1.165) is 66.0 Å². The van der Waals surface area contributed by atoms with Gasteiger partial charge in [0.05, 0.1) is 5.69 Å². The summed E-state index contributed by atoms with van der Waals surface area (Å²) in [6, 6.07) is 17.7. The minimum Gasteiger partial charge on any atom is -0.354 e. The highest BCUT2D eigenvalue weighted by Crippen LogP contribution is 2.31. The Labute approximate surface area is 177 Å². The fourth-order valence-corrected chi connectivity index (χ4v) is 4.31. The lowest BCUT2D eigenvalue weighted by molar-refractivity contribution is 0.271. The monoisotopic (exact) mass is 422 g/mol. The van der Waals surface area contributed by atoms with E-state index in [0.29, 0.717) is 5.69 Å². The number of nitrogens with zero attached hydrogens (tertiary/aromatic N) is 3. The van der Waals surface area contributed by atoms with Crippen LogP contribution in [-0.4, -0.2) is 51.0 Å². The Balaban J connectivity index is 1.69. The third kappa shape index (κ3) is 4.32. The Morgan fingerprint density at radius 3 is 2.43 bits per heavy atom. The van der Waals surface area contributed by atoms with E-state index < -0.39 is 10.0 Å². The maximum atomic E-state index is 11.7. The van der Waals surface area contributed by atoms with Gasteiger partial charge in [0.15, 0.2) is 0 Å². The molecule has 7 heteroatoms. The number of anilines is 2. The Morgan fingerprint density at radius 1 is 1.07 bits per heavy atom. The van der Waals surface area contributed by atoms with Gasteiger partial charge in [0, 0.05) is 48.2 Å². The molecule has 0 unspecified atom stereocenters. The number of aromatic nitrogens is 1. The predicted molar refractivity (Wildman–Crippen MR) is 124 cm³/mol. The molecule has 156 valence electrons. The molecule has 0 amide bonds. The summed E-state index contributed by atoms with van der Waals surface area (Å²) >= 11 is 0. The SMILES string of the molecule is C=CS(=O)(=O)Nc1ccc(-c2cc3ccccc3c(N3CCN(CC)CC3)n2)cc1. The van der Waals surface area contributed by atoms with Crippen LogP contribution in [0.1, 0.15) is 6.92 Å². The summed E-state index contributed by atoms with van der Waals surface area (Å²) in [6.07, 6.45) is 0. The molecule has 2 aromatic carbocycles. The summed E-state index contributed by atoms with van der Waals surface area (Å²) in [7, 11) is -3.52. The lowest BCUT2D eigenvalue weighted by atomic mass is 10.1. The summed E-state index contributed by atoms with van der Waals surface area (Å²) in [5, 5.41) is 3.20. The molecule has 1 aliphatic rings. The zero-order chi connectivity index (χ0) is 21.1. The second-order valence-electron chi connectivity index (χ2n) is 7.36.